The smallest absolute Gasteiger partial charge is 0.241 e. The average Bonchev–Trinajstić information content (AvgIpc) is 3.39. The third kappa shape index (κ3) is 2.91. The lowest BCUT2D eigenvalue weighted by molar-refractivity contribution is -0.117. The van der Waals surface area contributed by atoms with E-state index < -0.39 is 6.04 Å². The number of rotatable bonds is 4. The van der Waals surface area contributed by atoms with Crippen LogP contribution in [0.3, 0.4) is 0 Å². The van der Waals surface area contributed by atoms with E-state index in [1.54, 1.807) is 12.5 Å². The van der Waals surface area contributed by atoms with Gasteiger partial charge in [0.25, 0.3) is 0 Å². The number of pyridine rings is 1. The number of imidazole rings is 1. The molecule has 0 bridgehead atoms. The number of carbonyl (C=O) groups is 1. The van der Waals surface area contributed by atoms with Crippen LogP contribution in [-0.2, 0) is 18.3 Å². The van der Waals surface area contributed by atoms with E-state index in [1.807, 2.05) is 43.4 Å². The Morgan fingerprint density at radius 3 is 2.87 bits per heavy atom. The van der Waals surface area contributed by atoms with E-state index in [2.05, 4.69) is 32.8 Å². The van der Waals surface area contributed by atoms with E-state index in [0.29, 0.717) is 6.42 Å². The number of aromatic nitrogens is 4. The monoisotopic (exact) mass is 398 g/mol. The largest absolute Gasteiger partial charge is 0.348 e. The number of carbonyl (C=O) groups excluding carboxylic acids is 1. The van der Waals surface area contributed by atoms with Crippen molar-refractivity contribution in [1.82, 2.24) is 19.5 Å². The number of para-hydroxylation sites is 1. The SMILES string of the molecule is Cc1c2c3ccccc3nc-2n(C)c2ccc(NC(=O)[C@@H](N)Cc3cnc[nH]3)cc12. The molecular formula is C23H22N6O. The maximum atomic E-state index is 12.6. The maximum Gasteiger partial charge on any atom is 0.241 e. The topological polar surface area (TPSA) is 102 Å². The average molecular weight is 398 g/mol. The Morgan fingerprint density at radius 1 is 1.23 bits per heavy atom. The van der Waals surface area contributed by atoms with Crippen molar-refractivity contribution >= 4 is 33.4 Å². The van der Waals surface area contributed by atoms with Crippen LogP contribution in [0.4, 0.5) is 5.69 Å². The maximum absolute atomic E-state index is 12.6. The highest BCUT2D eigenvalue weighted by Crippen LogP contribution is 2.38. The van der Waals surface area contributed by atoms with Crippen LogP contribution in [0, 0.1) is 6.92 Å². The molecule has 150 valence electrons. The second-order valence-corrected chi connectivity index (χ2v) is 7.62. The number of H-pyrrole nitrogens is 1. The molecular weight excluding hydrogens is 376 g/mol. The fourth-order valence-corrected chi connectivity index (χ4v) is 4.10. The molecule has 3 aromatic rings. The van der Waals surface area contributed by atoms with E-state index in [0.717, 1.165) is 50.1 Å². The molecule has 0 fully saturated rings. The van der Waals surface area contributed by atoms with Crippen molar-refractivity contribution in [3.8, 4) is 11.4 Å². The number of hydrogen-bond donors (Lipinski definition) is 3. The van der Waals surface area contributed by atoms with Crippen LogP contribution >= 0.6 is 0 Å². The molecule has 3 heterocycles. The van der Waals surface area contributed by atoms with Gasteiger partial charge in [-0.05, 0) is 36.8 Å². The minimum Gasteiger partial charge on any atom is -0.348 e. The molecule has 7 nitrogen and oxygen atoms in total. The second kappa shape index (κ2) is 6.96. The fraction of sp³-hybridized carbons (Fsp3) is 0.174. The number of nitrogens with one attached hydrogen (secondary N) is 2. The van der Waals surface area contributed by atoms with Gasteiger partial charge in [-0.1, -0.05) is 18.2 Å². The standard InChI is InChI=1S/C23H22N6O/c1-13-17-9-14(27-23(30)18(24)10-15-11-25-12-26-15)7-8-20(17)29(2)22-21(13)16-5-3-4-6-19(16)28-22/h3-9,11-12,18H,10,24H2,1-2H3,(H,25,26)(H,27,30)/t18-/m0/s1. The van der Waals surface area contributed by atoms with E-state index >= 15 is 0 Å². The van der Waals surface area contributed by atoms with E-state index in [4.69, 9.17) is 10.7 Å². The number of fused-ring (bicyclic) bond motifs is 4. The van der Waals surface area contributed by atoms with Gasteiger partial charge in [0.05, 0.1) is 17.9 Å². The first-order chi connectivity index (χ1) is 14.5. The summed E-state index contributed by atoms with van der Waals surface area (Å²) < 4.78 is 2.10. The van der Waals surface area contributed by atoms with Crippen LogP contribution in [-0.4, -0.2) is 31.5 Å². The summed E-state index contributed by atoms with van der Waals surface area (Å²) in [5, 5.41) is 5.16. The van der Waals surface area contributed by atoms with Gasteiger partial charge in [0, 0.05) is 52.9 Å². The summed E-state index contributed by atoms with van der Waals surface area (Å²) >= 11 is 0. The lowest BCUT2D eigenvalue weighted by atomic mass is 9.99. The van der Waals surface area contributed by atoms with Gasteiger partial charge < -0.3 is 20.6 Å². The predicted octanol–water partition coefficient (Wildman–Crippen LogP) is 3.37. The number of aryl methyl sites for hydroxylation is 2. The Balaban J connectivity index is 1.54. The second-order valence-electron chi connectivity index (χ2n) is 7.62. The van der Waals surface area contributed by atoms with Gasteiger partial charge in [0.1, 0.15) is 5.82 Å². The first-order valence-electron chi connectivity index (χ1n) is 9.84. The third-order valence-corrected chi connectivity index (χ3v) is 5.68. The van der Waals surface area contributed by atoms with Crippen molar-refractivity contribution in [2.75, 3.05) is 5.32 Å². The molecule has 1 aromatic heterocycles. The van der Waals surface area contributed by atoms with Crippen molar-refractivity contribution in [3.05, 3.63) is 66.2 Å². The molecule has 0 radical (unpaired) electrons. The highest BCUT2D eigenvalue weighted by Gasteiger charge is 2.21. The molecule has 1 atom stereocenters. The van der Waals surface area contributed by atoms with Gasteiger partial charge in [0.2, 0.25) is 5.91 Å². The van der Waals surface area contributed by atoms with E-state index in [-0.39, 0.29) is 5.91 Å². The fourth-order valence-electron chi connectivity index (χ4n) is 4.10. The first-order valence-corrected chi connectivity index (χ1v) is 9.84. The lowest BCUT2D eigenvalue weighted by Crippen LogP contribution is -2.37. The van der Waals surface area contributed by atoms with Crippen molar-refractivity contribution in [1.29, 1.82) is 0 Å². The summed E-state index contributed by atoms with van der Waals surface area (Å²) in [5.41, 5.74) is 12.0. The molecule has 2 aliphatic rings. The first kappa shape index (κ1) is 18.3. The number of anilines is 1. The third-order valence-electron chi connectivity index (χ3n) is 5.68. The summed E-state index contributed by atoms with van der Waals surface area (Å²) in [4.78, 5) is 24.3. The molecule has 0 saturated carbocycles. The molecule has 0 saturated heterocycles. The van der Waals surface area contributed by atoms with Crippen molar-refractivity contribution in [3.63, 3.8) is 0 Å². The van der Waals surface area contributed by atoms with Gasteiger partial charge in [0.15, 0.2) is 0 Å². The van der Waals surface area contributed by atoms with E-state index in [9.17, 15) is 4.79 Å². The minimum atomic E-state index is -0.663. The van der Waals surface area contributed by atoms with Gasteiger partial charge in [-0.2, -0.15) is 0 Å². The van der Waals surface area contributed by atoms with E-state index in [1.165, 1.54) is 0 Å². The number of hydrogen-bond acceptors (Lipinski definition) is 4. The Labute approximate surface area is 173 Å². The quantitative estimate of drug-likeness (QED) is 0.432. The van der Waals surface area contributed by atoms with Crippen molar-refractivity contribution in [2.24, 2.45) is 12.8 Å². The number of benzene rings is 2. The van der Waals surface area contributed by atoms with Crippen LogP contribution in [0.1, 0.15) is 11.3 Å². The van der Waals surface area contributed by atoms with Gasteiger partial charge >= 0.3 is 0 Å². The Bertz CT molecular complexity index is 1350. The highest BCUT2D eigenvalue weighted by molar-refractivity contribution is 6.05. The summed E-state index contributed by atoms with van der Waals surface area (Å²) in [6, 6.07) is 13.4. The van der Waals surface area contributed by atoms with Crippen molar-refractivity contribution in [2.45, 2.75) is 19.4 Å². The Morgan fingerprint density at radius 2 is 2.07 bits per heavy atom. The molecule has 0 aliphatic carbocycles. The molecule has 2 aromatic carbocycles. The molecule has 0 spiro atoms. The van der Waals surface area contributed by atoms with Crippen molar-refractivity contribution < 1.29 is 4.79 Å². The van der Waals surface area contributed by atoms with Crippen LogP contribution in [0.25, 0.3) is 33.2 Å². The van der Waals surface area contributed by atoms with Gasteiger partial charge in [-0.15, -0.1) is 0 Å². The number of nitrogens with zero attached hydrogens (tertiary/aromatic N) is 3. The molecule has 7 heteroatoms. The molecule has 4 N–H and O–H groups in total. The van der Waals surface area contributed by atoms with Gasteiger partial charge in [-0.25, -0.2) is 9.97 Å². The molecule has 30 heavy (non-hydrogen) atoms. The molecule has 5 rings (SSSR count). The summed E-state index contributed by atoms with van der Waals surface area (Å²) in [6.07, 6.45) is 3.66. The van der Waals surface area contributed by atoms with Gasteiger partial charge in [-0.3, -0.25) is 4.79 Å². The lowest BCUT2D eigenvalue weighted by Gasteiger charge is -2.17. The summed E-state index contributed by atoms with van der Waals surface area (Å²) in [6.45, 7) is 2.11. The summed E-state index contributed by atoms with van der Waals surface area (Å²) in [7, 11) is 2.02. The number of amides is 1. The Hall–Kier alpha value is -3.71. The zero-order chi connectivity index (χ0) is 20.8. The normalized spacial score (nSPS) is 12.6. The van der Waals surface area contributed by atoms with Crippen LogP contribution in [0.5, 0.6) is 0 Å². The Kier molecular flexibility index (Phi) is 4.25. The molecule has 2 aliphatic heterocycles. The summed E-state index contributed by atoms with van der Waals surface area (Å²) in [5.74, 6) is 0.729. The predicted molar refractivity (Wildman–Crippen MR) is 118 cm³/mol. The van der Waals surface area contributed by atoms with Crippen LogP contribution < -0.4 is 11.1 Å². The number of nitrogens with two attached hydrogens (primary N) is 1. The van der Waals surface area contributed by atoms with Crippen LogP contribution in [0.15, 0.2) is 55.0 Å². The minimum absolute atomic E-state index is 0.229. The molecule has 1 amide bonds. The zero-order valence-corrected chi connectivity index (χ0v) is 16.8. The number of aromatic amines is 1. The highest BCUT2D eigenvalue weighted by atomic mass is 16.2. The zero-order valence-electron chi connectivity index (χ0n) is 16.8. The van der Waals surface area contributed by atoms with Crippen LogP contribution in [0.2, 0.25) is 0 Å². The molecule has 0 unspecified atom stereocenters.